The fraction of sp³-hybridized carbons (Fsp3) is 0.250. The number of hydrogen-bond acceptors (Lipinski definition) is 12. The molecule has 0 radical (unpaired) electrons. The van der Waals surface area contributed by atoms with Gasteiger partial charge in [-0.1, -0.05) is 212 Å². The van der Waals surface area contributed by atoms with Crippen molar-refractivity contribution >= 4 is 105 Å². The predicted molar refractivity (Wildman–Crippen MR) is 396 cm³/mol. The van der Waals surface area contributed by atoms with E-state index in [1.54, 1.807) is 97.1 Å². The lowest BCUT2D eigenvalue weighted by atomic mass is 9.93. The van der Waals surface area contributed by atoms with E-state index < -0.39 is 21.4 Å². The Bertz CT molecular complexity index is 3910. The van der Waals surface area contributed by atoms with Gasteiger partial charge in [0.1, 0.15) is 0 Å². The third-order valence-corrected chi connectivity index (χ3v) is 24.9. The van der Waals surface area contributed by atoms with E-state index in [1.165, 1.54) is 0 Å². The number of aliphatic hydroxyl groups is 4. The summed E-state index contributed by atoms with van der Waals surface area (Å²) in [6.45, 7) is 20.1. The van der Waals surface area contributed by atoms with Gasteiger partial charge in [-0.05, 0) is 118 Å². The molecule has 0 aliphatic rings. The van der Waals surface area contributed by atoms with Crippen molar-refractivity contribution in [2.75, 3.05) is 52.6 Å². The summed E-state index contributed by atoms with van der Waals surface area (Å²) in [7, 11) is -10.6. The number of nitrogens with zero attached hydrogens (tertiary/aromatic N) is 1. The molecule has 0 spiro atoms. The van der Waals surface area contributed by atoms with Crippen molar-refractivity contribution < 1.29 is 48.5 Å². The third kappa shape index (κ3) is 18.5. The van der Waals surface area contributed by atoms with E-state index in [4.69, 9.17) is 21.8 Å². The molecular weight excluding hydrogens is 1360 g/mol. The van der Waals surface area contributed by atoms with Crippen LogP contribution in [0.4, 0.5) is 0 Å². The van der Waals surface area contributed by atoms with Gasteiger partial charge in [-0.2, -0.15) is 0 Å². The number of carbonyl (C=O) groups excluding carboxylic acids is 3. The van der Waals surface area contributed by atoms with Gasteiger partial charge in [0, 0.05) is 87.1 Å². The van der Waals surface area contributed by atoms with Crippen LogP contribution in [-0.4, -0.2) is 94.5 Å². The molecule has 0 aliphatic heterocycles. The van der Waals surface area contributed by atoms with Crippen molar-refractivity contribution in [3.63, 3.8) is 0 Å². The smallest absolute Gasteiger partial charge is 0.230 e. The fourth-order valence-electron chi connectivity index (χ4n) is 11.6. The second kappa shape index (κ2) is 36.9. The van der Waals surface area contributed by atoms with Crippen molar-refractivity contribution in [1.29, 1.82) is 0 Å². The van der Waals surface area contributed by atoms with Crippen LogP contribution in [0.15, 0.2) is 206 Å². The topological polar surface area (TPSA) is 199 Å². The fourth-order valence-corrected chi connectivity index (χ4v) is 19.8. The van der Waals surface area contributed by atoms with Gasteiger partial charge in [-0.25, -0.2) is 0 Å². The van der Waals surface area contributed by atoms with Gasteiger partial charge in [-0.15, -0.1) is 35.6 Å². The number of aryl methyl sites for hydroxylation is 7. The number of carbonyl (C=O) groups is 3. The second-order valence-electron chi connectivity index (χ2n) is 22.6. The summed E-state index contributed by atoms with van der Waals surface area (Å²) in [5.74, 6) is 0.319. The summed E-state index contributed by atoms with van der Waals surface area (Å²) in [6, 6.07) is 62.1. The lowest BCUT2D eigenvalue weighted by molar-refractivity contribution is 0.106. The number of alkyl halides is 1. The molecule has 0 aliphatic carbocycles. The van der Waals surface area contributed by atoms with Crippen molar-refractivity contribution in [2.24, 2.45) is 0 Å². The van der Waals surface area contributed by atoms with Crippen LogP contribution in [0.5, 0.6) is 0 Å². The van der Waals surface area contributed by atoms with Crippen LogP contribution in [0.25, 0.3) is 0 Å². The highest BCUT2D eigenvalue weighted by Crippen LogP contribution is 2.51. The van der Waals surface area contributed by atoms with Crippen LogP contribution in [0, 0.1) is 62.3 Å². The minimum Gasteiger partial charge on any atom is -0.395 e. The van der Waals surface area contributed by atoms with E-state index in [1.807, 2.05) is 176 Å². The minimum atomic E-state index is -3.62. The van der Waals surface area contributed by atoms with E-state index in [9.17, 15) is 38.3 Å². The van der Waals surface area contributed by atoms with Crippen molar-refractivity contribution in [2.45, 2.75) is 74.7 Å². The molecular formula is C76H87ClIN2O10P3. The first kappa shape index (κ1) is 77.2. The van der Waals surface area contributed by atoms with Crippen LogP contribution >= 0.6 is 57.0 Å². The average Bonchev–Trinajstić information content (AvgIpc) is 0.769. The highest BCUT2D eigenvalue weighted by molar-refractivity contribution is 14.0. The Hall–Kier alpha value is -6.54. The molecule has 0 heterocycles. The Morgan fingerprint density at radius 1 is 0.376 bits per heavy atom. The van der Waals surface area contributed by atoms with Gasteiger partial charge in [0.05, 0.1) is 26.4 Å². The van der Waals surface area contributed by atoms with Gasteiger partial charge < -0.3 is 39.4 Å². The van der Waals surface area contributed by atoms with Crippen molar-refractivity contribution in [3.8, 4) is 0 Å². The lowest BCUT2D eigenvalue weighted by Crippen LogP contribution is -2.30. The maximum atomic E-state index is 14.6. The predicted octanol–water partition coefficient (Wildman–Crippen LogP) is 13.0. The summed E-state index contributed by atoms with van der Waals surface area (Å²) in [5, 5.41) is 41.2. The number of hydrogen-bond donors (Lipinski definition) is 5. The summed E-state index contributed by atoms with van der Waals surface area (Å²) in [4.78, 5) is 43.4. The second-order valence-corrected chi connectivity index (χ2v) is 30.8. The molecule has 0 unspecified atom stereocenters. The normalized spacial score (nSPS) is 11.2. The largest absolute Gasteiger partial charge is 0.395 e. The lowest BCUT2D eigenvalue weighted by Gasteiger charge is -2.26. The molecule has 0 saturated heterocycles. The number of benzene rings is 9. The molecule has 0 bridgehead atoms. The maximum Gasteiger partial charge on any atom is 0.230 e. The molecule has 9 aromatic carbocycles. The van der Waals surface area contributed by atoms with E-state index >= 15 is 0 Å². The molecule has 12 nitrogen and oxygen atoms in total. The standard InChI is InChI=1S/C27H32NO4P.C23H22ClO2P.C22H21O2P.C4H11NO2.HI/c1-20-18-21(2)26(22(3)25(20)19-28(14-16-29)15-17-30)27(31)33(32,23-10-6-4-7-11-23)24-12-8-5-9-13-24;1-16-14-17(2)22(18(3)21(16)15-24)23(25)27(26,19-10-6-4-7-11-19)20-12-8-5-9-13-20;1-16-14-17(2)21(18(3)15-16)22(23)25(24,19-10-6-4-7-11-19)20-12-8-5-9-13-20;6-3-1-5-2-4-7;/h4-13,18,29-30H,14-17,19H2,1-3H3;4-14H,15H2,1-3H3;4-15H,1-3H3;5-7H,1-4H2;1H. The molecule has 0 aromatic heterocycles. The summed E-state index contributed by atoms with van der Waals surface area (Å²) >= 11 is 6.13. The Morgan fingerprint density at radius 3 is 0.903 bits per heavy atom. The number of halogens is 2. The first-order valence-electron chi connectivity index (χ1n) is 30.6. The Balaban J connectivity index is 0.000000241. The number of rotatable bonds is 23. The minimum absolute atomic E-state index is 0. The van der Waals surface area contributed by atoms with Gasteiger partial charge in [-0.3, -0.25) is 19.3 Å². The molecule has 0 amide bonds. The summed E-state index contributed by atoms with van der Waals surface area (Å²) in [5.41, 5.74) is 10.6. The Kier molecular flexibility index (Phi) is 30.7. The molecule has 9 rings (SSSR count). The Morgan fingerprint density at radius 2 is 0.634 bits per heavy atom. The van der Waals surface area contributed by atoms with Gasteiger partial charge >= 0.3 is 0 Å². The van der Waals surface area contributed by atoms with E-state index in [-0.39, 0.29) is 67.0 Å². The van der Waals surface area contributed by atoms with E-state index in [2.05, 4.69) is 5.32 Å². The molecule has 0 saturated carbocycles. The van der Waals surface area contributed by atoms with Crippen LogP contribution in [-0.2, 0) is 26.1 Å². The van der Waals surface area contributed by atoms with Crippen molar-refractivity contribution in [1.82, 2.24) is 10.2 Å². The van der Waals surface area contributed by atoms with E-state index in [0.717, 1.165) is 61.2 Å². The molecule has 5 N–H and O–H groups in total. The zero-order valence-corrected chi connectivity index (χ0v) is 60.3. The highest BCUT2D eigenvalue weighted by atomic mass is 127. The quantitative estimate of drug-likeness (QED) is 0.0176. The van der Waals surface area contributed by atoms with Crippen LogP contribution in [0.2, 0.25) is 0 Å². The number of nitrogens with one attached hydrogen (secondary N) is 1. The first-order chi connectivity index (χ1) is 44.1. The van der Waals surface area contributed by atoms with Crippen LogP contribution in [0.3, 0.4) is 0 Å². The zero-order valence-electron chi connectivity index (χ0n) is 54.5. The Labute approximate surface area is 571 Å². The van der Waals surface area contributed by atoms with Gasteiger partial charge in [0.15, 0.2) is 0 Å². The summed E-state index contributed by atoms with van der Waals surface area (Å²) < 4.78 is 43.1. The maximum absolute atomic E-state index is 14.6. The third-order valence-electron chi connectivity index (χ3n) is 16.1. The number of aliphatic hydroxyl groups excluding tert-OH is 4. The molecule has 0 atom stereocenters. The van der Waals surface area contributed by atoms with Crippen LogP contribution in [0.1, 0.15) is 92.3 Å². The molecule has 490 valence electrons. The first-order valence-corrected chi connectivity index (χ1v) is 36.2. The van der Waals surface area contributed by atoms with E-state index in [0.29, 0.717) is 87.1 Å². The molecule has 93 heavy (non-hydrogen) atoms. The molecule has 17 heteroatoms. The molecule has 0 fully saturated rings. The SMILES string of the molecule is Cc1cc(C)c(C(=O)P(=O)(c2ccccc2)c2ccccc2)c(C)c1.Cc1cc(C)c(C(=O)P(=O)(c2ccccc2)c2ccccc2)c(C)c1CCl.Cc1cc(C)c(C(=O)P(=O)(c2ccccc2)c2ccccc2)c(C)c1CN(CCO)CCO.I.OCCNCCO. The average molecular weight is 1440 g/mol. The van der Waals surface area contributed by atoms with Gasteiger partial charge in [0.2, 0.25) is 38.0 Å². The highest BCUT2D eigenvalue weighted by Gasteiger charge is 2.41. The summed E-state index contributed by atoms with van der Waals surface area (Å²) in [6.07, 6.45) is 0. The molecule has 9 aromatic rings. The monoisotopic (exact) mass is 1440 g/mol. The van der Waals surface area contributed by atoms with Crippen LogP contribution < -0.4 is 37.1 Å². The zero-order chi connectivity index (χ0) is 67.2. The van der Waals surface area contributed by atoms with Gasteiger partial charge in [0.25, 0.3) is 0 Å². The van der Waals surface area contributed by atoms with Crippen molar-refractivity contribution in [3.05, 3.63) is 284 Å².